The third-order valence-electron chi connectivity index (χ3n) is 3.57. The van der Waals surface area contributed by atoms with Crippen LogP contribution >= 0.6 is 0 Å². The normalized spacial score (nSPS) is 10.0. The van der Waals surface area contributed by atoms with Gasteiger partial charge in [0.15, 0.2) is 0 Å². The first-order valence-corrected chi connectivity index (χ1v) is 7.42. The minimum atomic E-state index is -0.921. The van der Waals surface area contributed by atoms with Gasteiger partial charge in [-0.05, 0) is 35.7 Å². The van der Waals surface area contributed by atoms with Crippen LogP contribution in [0.25, 0.3) is 10.8 Å². The van der Waals surface area contributed by atoms with Crippen LogP contribution in [-0.4, -0.2) is 53.8 Å². The van der Waals surface area contributed by atoms with Gasteiger partial charge < -0.3 is 15.2 Å². The molecule has 24 heavy (non-hydrogen) atoms. The van der Waals surface area contributed by atoms with Crippen LogP contribution in [0, 0.1) is 0 Å². The number of anilines is 1. The zero-order valence-electron chi connectivity index (χ0n) is 12.5. The van der Waals surface area contributed by atoms with Crippen LogP contribution in [-0.2, 0) is 0 Å². The van der Waals surface area contributed by atoms with Crippen molar-refractivity contribution >= 4 is 52.0 Å². The molecule has 3 aromatic carbocycles. The van der Waals surface area contributed by atoms with Crippen LogP contribution < -0.4 is 10.1 Å². The molecule has 0 aliphatic carbocycles. The van der Waals surface area contributed by atoms with Crippen molar-refractivity contribution in [3.8, 4) is 5.75 Å². The van der Waals surface area contributed by atoms with E-state index in [0.29, 0.717) is 13.2 Å². The van der Waals surface area contributed by atoms with E-state index in [0.717, 1.165) is 22.2 Å². The van der Waals surface area contributed by atoms with Gasteiger partial charge in [-0.3, -0.25) is 0 Å². The van der Waals surface area contributed by atoms with E-state index in [4.69, 9.17) is 9.84 Å². The van der Waals surface area contributed by atoms with Crippen LogP contribution in [0.3, 0.4) is 0 Å². The summed E-state index contributed by atoms with van der Waals surface area (Å²) in [5, 5.41) is 14.3. The molecule has 0 bridgehead atoms. The van der Waals surface area contributed by atoms with Crippen LogP contribution in [0.1, 0.15) is 10.4 Å². The van der Waals surface area contributed by atoms with E-state index in [1.54, 1.807) is 24.3 Å². The summed E-state index contributed by atoms with van der Waals surface area (Å²) < 4.78 is 5.85. The van der Waals surface area contributed by atoms with E-state index in [1.807, 2.05) is 30.3 Å². The monoisotopic (exact) mass is 331 g/mol. The first kappa shape index (κ1) is 18.3. The van der Waals surface area contributed by atoms with Crippen molar-refractivity contribution in [3.63, 3.8) is 0 Å². The number of aromatic carboxylic acids is 1. The number of nitrogens with one attached hydrogen (secondary N) is 1. The van der Waals surface area contributed by atoms with Gasteiger partial charge in [0.25, 0.3) is 0 Å². The molecule has 0 saturated heterocycles. The molecule has 5 heteroatoms. The summed E-state index contributed by atoms with van der Waals surface area (Å²) in [6, 6.07) is 20.8. The van der Waals surface area contributed by atoms with Gasteiger partial charge in [-0.25, -0.2) is 4.79 Å². The molecule has 0 aliphatic heterocycles. The molecule has 0 aromatic heterocycles. The number of carboxylic acid groups (broad SMARTS) is 1. The van der Waals surface area contributed by atoms with Gasteiger partial charge >= 0.3 is 35.5 Å². The predicted molar refractivity (Wildman–Crippen MR) is 98.5 cm³/mol. The topological polar surface area (TPSA) is 58.6 Å². The average molecular weight is 331 g/mol. The summed E-state index contributed by atoms with van der Waals surface area (Å²) >= 11 is 0. The molecule has 0 radical (unpaired) electrons. The number of benzene rings is 3. The van der Waals surface area contributed by atoms with Crippen molar-refractivity contribution in [1.82, 2.24) is 0 Å². The molecule has 3 aromatic rings. The number of ether oxygens (including phenoxy) is 1. The molecule has 0 fully saturated rings. The van der Waals surface area contributed by atoms with Crippen molar-refractivity contribution in [1.29, 1.82) is 0 Å². The molecule has 2 N–H and O–H groups in total. The van der Waals surface area contributed by atoms with Crippen molar-refractivity contribution in [2.75, 3.05) is 18.5 Å². The van der Waals surface area contributed by atoms with E-state index >= 15 is 0 Å². The fourth-order valence-corrected chi connectivity index (χ4v) is 2.41. The maximum absolute atomic E-state index is 10.8. The quantitative estimate of drug-likeness (QED) is 0.537. The second-order valence-electron chi connectivity index (χ2n) is 5.14. The standard InChI is InChI=1S/C19H17NO3.Na.H/c21-19(22)15-8-10-16(11-9-15)20-12-13-23-18-7-3-5-14-4-1-2-6-17(14)18;;/h1-11,20H,12-13H2,(H,21,22);;. The summed E-state index contributed by atoms with van der Waals surface area (Å²) in [4.78, 5) is 10.8. The first-order valence-electron chi connectivity index (χ1n) is 7.42. The number of hydrogen-bond donors (Lipinski definition) is 2. The van der Waals surface area contributed by atoms with Crippen LogP contribution in [0.2, 0.25) is 0 Å². The number of hydrogen-bond acceptors (Lipinski definition) is 3. The second kappa shape index (κ2) is 8.73. The molecular weight excluding hydrogens is 313 g/mol. The van der Waals surface area contributed by atoms with Crippen molar-refractivity contribution < 1.29 is 14.6 Å². The van der Waals surface area contributed by atoms with Gasteiger partial charge in [0, 0.05) is 17.6 Å². The summed E-state index contributed by atoms with van der Waals surface area (Å²) in [5.74, 6) is -0.0537. The van der Waals surface area contributed by atoms with Gasteiger partial charge in [-0.15, -0.1) is 0 Å². The van der Waals surface area contributed by atoms with Gasteiger partial charge in [0.05, 0.1) is 5.56 Å². The second-order valence-corrected chi connectivity index (χ2v) is 5.14. The molecular formula is C19H18NNaO3. The van der Waals surface area contributed by atoms with Gasteiger partial charge in [-0.1, -0.05) is 36.4 Å². The number of carbonyl (C=O) groups is 1. The fraction of sp³-hybridized carbons (Fsp3) is 0.105. The molecule has 0 heterocycles. The zero-order valence-corrected chi connectivity index (χ0v) is 12.5. The molecule has 0 saturated carbocycles. The predicted octanol–water partition coefficient (Wildman–Crippen LogP) is 3.38. The SMILES string of the molecule is O=C(O)c1ccc(NCCOc2cccc3ccccc23)cc1.[NaH]. The molecule has 0 spiro atoms. The molecule has 0 atom stereocenters. The Labute approximate surface area is 162 Å². The van der Waals surface area contributed by atoms with Gasteiger partial charge in [0.1, 0.15) is 12.4 Å². The van der Waals surface area contributed by atoms with E-state index in [2.05, 4.69) is 17.4 Å². The summed E-state index contributed by atoms with van der Waals surface area (Å²) in [7, 11) is 0. The number of carboxylic acids is 1. The van der Waals surface area contributed by atoms with Crippen molar-refractivity contribution in [2.45, 2.75) is 0 Å². The Bertz CT molecular complexity index is 813. The third kappa shape index (κ3) is 4.51. The Morgan fingerprint density at radius 3 is 2.42 bits per heavy atom. The fourth-order valence-electron chi connectivity index (χ4n) is 2.41. The molecule has 0 amide bonds. The van der Waals surface area contributed by atoms with Crippen LogP contribution in [0.4, 0.5) is 5.69 Å². The van der Waals surface area contributed by atoms with E-state index in [1.165, 1.54) is 0 Å². The molecule has 118 valence electrons. The number of rotatable bonds is 6. The van der Waals surface area contributed by atoms with E-state index in [9.17, 15) is 4.79 Å². The van der Waals surface area contributed by atoms with Gasteiger partial charge in [0.2, 0.25) is 0 Å². The zero-order chi connectivity index (χ0) is 16.1. The van der Waals surface area contributed by atoms with E-state index < -0.39 is 5.97 Å². The maximum atomic E-state index is 10.8. The Morgan fingerprint density at radius 1 is 0.958 bits per heavy atom. The van der Waals surface area contributed by atoms with Gasteiger partial charge in [-0.2, -0.15) is 0 Å². The average Bonchev–Trinajstić information content (AvgIpc) is 2.59. The summed E-state index contributed by atoms with van der Waals surface area (Å²) in [6.07, 6.45) is 0. The number of fused-ring (bicyclic) bond motifs is 1. The first-order chi connectivity index (χ1) is 11.2. The Morgan fingerprint density at radius 2 is 1.67 bits per heavy atom. The third-order valence-corrected chi connectivity index (χ3v) is 3.57. The van der Waals surface area contributed by atoms with Crippen LogP contribution in [0.15, 0.2) is 66.7 Å². The van der Waals surface area contributed by atoms with Crippen LogP contribution in [0.5, 0.6) is 5.75 Å². The molecule has 0 aliphatic rings. The molecule has 0 unspecified atom stereocenters. The molecule has 4 nitrogen and oxygen atoms in total. The van der Waals surface area contributed by atoms with Crippen molar-refractivity contribution in [2.24, 2.45) is 0 Å². The van der Waals surface area contributed by atoms with Crippen molar-refractivity contribution in [3.05, 3.63) is 72.3 Å². The Hall–Kier alpha value is -2.01. The Balaban J connectivity index is 0.00000208. The summed E-state index contributed by atoms with van der Waals surface area (Å²) in [5.41, 5.74) is 1.15. The van der Waals surface area contributed by atoms with E-state index in [-0.39, 0.29) is 35.1 Å². The molecule has 3 rings (SSSR count). The summed E-state index contributed by atoms with van der Waals surface area (Å²) in [6.45, 7) is 1.16. The minimum absolute atomic E-state index is 0. The Kier molecular flexibility index (Phi) is 6.67.